The van der Waals surface area contributed by atoms with E-state index < -0.39 is 0 Å². The van der Waals surface area contributed by atoms with Gasteiger partial charge in [0.1, 0.15) is 5.82 Å². The van der Waals surface area contributed by atoms with Crippen LogP contribution < -0.4 is 0 Å². The molecule has 0 unspecified atom stereocenters. The number of hydrogen-bond acceptors (Lipinski definition) is 0. The van der Waals surface area contributed by atoms with E-state index >= 15 is 4.39 Å². The van der Waals surface area contributed by atoms with Crippen LogP contribution in [0.1, 0.15) is 113 Å². The van der Waals surface area contributed by atoms with E-state index in [0.717, 1.165) is 52.6 Å². The second kappa shape index (κ2) is 12.9. The van der Waals surface area contributed by atoms with Gasteiger partial charge in [-0.15, -0.1) is 0 Å². The Kier molecular flexibility index (Phi) is 9.42. The zero-order chi connectivity index (χ0) is 24.5. The van der Waals surface area contributed by atoms with Crippen LogP contribution >= 0.6 is 0 Å². The molecular weight excluding hydrogens is 427 g/mol. The Labute approximate surface area is 212 Å². The normalized spacial score (nSPS) is 17.8. The molecule has 0 saturated heterocycles. The van der Waals surface area contributed by atoms with Gasteiger partial charge in [-0.3, -0.25) is 0 Å². The van der Waals surface area contributed by atoms with E-state index in [1.54, 1.807) is 0 Å². The zero-order valence-corrected chi connectivity index (χ0v) is 21.7. The molecular formula is C34H41F. The lowest BCUT2D eigenvalue weighted by atomic mass is 9.76. The van der Waals surface area contributed by atoms with Crippen molar-refractivity contribution in [2.24, 2.45) is 5.92 Å². The summed E-state index contributed by atoms with van der Waals surface area (Å²) in [6.07, 6.45) is 15.0. The van der Waals surface area contributed by atoms with Gasteiger partial charge in [0.05, 0.1) is 0 Å². The molecule has 0 radical (unpaired) electrons. The Morgan fingerprint density at radius 3 is 2.17 bits per heavy atom. The molecule has 184 valence electrons. The molecule has 0 aliphatic heterocycles. The number of hydrogen-bond donors (Lipinski definition) is 0. The number of aryl methyl sites for hydroxylation is 1. The molecule has 0 nitrogen and oxygen atoms in total. The predicted octanol–water partition coefficient (Wildman–Crippen LogP) is 9.97. The van der Waals surface area contributed by atoms with Crippen molar-refractivity contribution in [1.82, 2.24) is 0 Å². The maximum Gasteiger partial charge on any atom is 0.134 e. The number of fused-ring (bicyclic) bond motifs is 1. The SMILES string of the molecule is CCCCCc1ccc(C#Cc2ccc3c(F)c(C4CCC(CCCCC)CC4)ccc3c2)cc1. The fraction of sp³-hybridized carbons (Fsp3) is 0.471. The first-order valence-corrected chi connectivity index (χ1v) is 14.0. The third kappa shape index (κ3) is 6.98. The van der Waals surface area contributed by atoms with Crippen LogP contribution in [0, 0.1) is 23.6 Å². The highest BCUT2D eigenvalue weighted by Gasteiger charge is 2.24. The Balaban J connectivity index is 1.41. The Bertz CT molecular complexity index is 1140. The predicted molar refractivity (Wildman–Crippen MR) is 148 cm³/mol. The standard InChI is InChI=1S/C34H41F/c1-3-5-7-9-26-11-13-28(14-12-26)15-16-29-19-23-33-31(25-29)22-24-32(34(33)35)30-20-17-27(18-21-30)10-8-6-4-2/h11-14,19,22-25,27,30H,3-10,17-18,20-21H2,1-2H3. The van der Waals surface area contributed by atoms with Gasteiger partial charge in [-0.05, 0) is 91.1 Å². The van der Waals surface area contributed by atoms with Crippen molar-refractivity contribution in [1.29, 1.82) is 0 Å². The molecule has 0 spiro atoms. The molecule has 35 heavy (non-hydrogen) atoms. The number of rotatable bonds is 9. The minimum atomic E-state index is -0.0184. The average molecular weight is 469 g/mol. The van der Waals surface area contributed by atoms with Crippen molar-refractivity contribution in [2.45, 2.75) is 96.8 Å². The maximum absolute atomic E-state index is 15.5. The zero-order valence-electron chi connectivity index (χ0n) is 21.7. The topological polar surface area (TPSA) is 0 Å². The van der Waals surface area contributed by atoms with Crippen molar-refractivity contribution in [3.05, 3.63) is 82.7 Å². The van der Waals surface area contributed by atoms with Crippen molar-refractivity contribution < 1.29 is 4.39 Å². The Morgan fingerprint density at radius 1 is 0.743 bits per heavy atom. The van der Waals surface area contributed by atoms with Gasteiger partial charge in [-0.2, -0.15) is 0 Å². The van der Waals surface area contributed by atoms with Gasteiger partial charge in [0.25, 0.3) is 0 Å². The first kappa shape index (κ1) is 25.5. The summed E-state index contributed by atoms with van der Waals surface area (Å²) in [4.78, 5) is 0. The van der Waals surface area contributed by atoms with E-state index in [2.05, 4.69) is 56.0 Å². The van der Waals surface area contributed by atoms with Gasteiger partial charge in [0.2, 0.25) is 0 Å². The van der Waals surface area contributed by atoms with E-state index in [9.17, 15) is 0 Å². The molecule has 4 rings (SSSR count). The lowest BCUT2D eigenvalue weighted by Crippen LogP contribution is -2.14. The maximum atomic E-state index is 15.5. The molecule has 3 aromatic carbocycles. The highest BCUT2D eigenvalue weighted by atomic mass is 19.1. The first-order chi connectivity index (χ1) is 17.2. The van der Waals surface area contributed by atoms with Gasteiger partial charge >= 0.3 is 0 Å². The summed E-state index contributed by atoms with van der Waals surface area (Å²) in [7, 11) is 0. The molecule has 0 N–H and O–H groups in total. The molecule has 1 aliphatic carbocycles. The van der Waals surface area contributed by atoms with Gasteiger partial charge in [0.15, 0.2) is 0 Å². The van der Waals surface area contributed by atoms with Gasteiger partial charge < -0.3 is 0 Å². The van der Waals surface area contributed by atoms with Crippen LogP contribution in [-0.4, -0.2) is 0 Å². The molecule has 1 aliphatic rings. The average Bonchev–Trinajstić information content (AvgIpc) is 2.89. The summed E-state index contributed by atoms with van der Waals surface area (Å²) in [5, 5.41) is 1.67. The van der Waals surface area contributed by atoms with E-state index in [0.29, 0.717) is 5.92 Å². The second-order valence-corrected chi connectivity index (χ2v) is 10.5. The van der Waals surface area contributed by atoms with E-state index in [1.807, 2.05) is 24.3 Å². The molecule has 3 aromatic rings. The first-order valence-electron chi connectivity index (χ1n) is 14.0. The molecule has 1 heteroatoms. The minimum Gasteiger partial charge on any atom is -0.206 e. The lowest BCUT2D eigenvalue weighted by Gasteiger charge is -2.29. The molecule has 1 saturated carbocycles. The van der Waals surface area contributed by atoms with Crippen molar-refractivity contribution in [3.8, 4) is 11.8 Å². The monoisotopic (exact) mass is 468 g/mol. The summed E-state index contributed by atoms with van der Waals surface area (Å²) in [5.74, 6) is 7.75. The molecule has 0 bridgehead atoms. The highest BCUT2D eigenvalue weighted by Crippen LogP contribution is 2.40. The largest absolute Gasteiger partial charge is 0.206 e. The number of benzene rings is 3. The summed E-state index contributed by atoms with van der Waals surface area (Å²) in [6.45, 7) is 4.50. The summed E-state index contributed by atoms with van der Waals surface area (Å²) < 4.78 is 15.5. The number of unbranched alkanes of at least 4 members (excludes halogenated alkanes) is 4. The van der Waals surface area contributed by atoms with Gasteiger partial charge in [-0.25, -0.2) is 4.39 Å². The second-order valence-electron chi connectivity index (χ2n) is 10.5. The van der Waals surface area contributed by atoms with Crippen LogP contribution in [-0.2, 0) is 6.42 Å². The summed E-state index contributed by atoms with van der Waals surface area (Å²) in [5.41, 5.74) is 4.26. The molecule has 0 amide bonds. The quantitative estimate of drug-likeness (QED) is 0.216. The highest BCUT2D eigenvalue weighted by molar-refractivity contribution is 5.85. The number of halogens is 1. The van der Waals surface area contributed by atoms with E-state index in [4.69, 9.17) is 0 Å². The smallest absolute Gasteiger partial charge is 0.134 e. The van der Waals surface area contributed by atoms with Gasteiger partial charge in [-0.1, -0.05) is 94.5 Å². The third-order valence-corrected chi connectivity index (χ3v) is 7.86. The Hall–Kier alpha value is -2.59. The van der Waals surface area contributed by atoms with E-state index in [-0.39, 0.29) is 5.82 Å². The fourth-order valence-electron chi connectivity index (χ4n) is 5.63. The van der Waals surface area contributed by atoms with Crippen LogP contribution in [0.3, 0.4) is 0 Å². The minimum absolute atomic E-state index is 0.0184. The lowest BCUT2D eigenvalue weighted by molar-refractivity contribution is 0.299. The van der Waals surface area contributed by atoms with Gasteiger partial charge in [0, 0.05) is 16.5 Å². The van der Waals surface area contributed by atoms with Crippen molar-refractivity contribution in [3.63, 3.8) is 0 Å². The van der Waals surface area contributed by atoms with Crippen LogP contribution in [0.25, 0.3) is 10.8 Å². The summed E-state index contributed by atoms with van der Waals surface area (Å²) >= 11 is 0. The Morgan fingerprint density at radius 2 is 1.43 bits per heavy atom. The fourth-order valence-corrected chi connectivity index (χ4v) is 5.63. The third-order valence-electron chi connectivity index (χ3n) is 7.86. The van der Waals surface area contributed by atoms with Crippen LogP contribution in [0.15, 0.2) is 54.6 Å². The van der Waals surface area contributed by atoms with Crippen LogP contribution in [0.4, 0.5) is 4.39 Å². The molecule has 1 fully saturated rings. The molecule has 0 aromatic heterocycles. The van der Waals surface area contributed by atoms with Crippen molar-refractivity contribution >= 4 is 10.8 Å². The molecule has 0 atom stereocenters. The van der Waals surface area contributed by atoms with Crippen molar-refractivity contribution in [2.75, 3.05) is 0 Å². The molecule has 0 heterocycles. The van der Waals surface area contributed by atoms with Crippen LogP contribution in [0.5, 0.6) is 0 Å². The van der Waals surface area contributed by atoms with Crippen LogP contribution in [0.2, 0.25) is 0 Å². The summed E-state index contributed by atoms with van der Waals surface area (Å²) in [6, 6.07) is 18.6. The van der Waals surface area contributed by atoms with E-state index in [1.165, 1.54) is 63.4 Å².